The number of hydrogen-bond donors (Lipinski definition) is 2. The summed E-state index contributed by atoms with van der Waals surface area (Å²) >= 11 is 0. The summed E-state index contributed by atoms with van der Waals surface area (Å²) in [5.74, 6) is -0.404. The van der Waals surface area contributed by atoms with E-state index in [-0.39, 0.29) is 24.4 Å². The Morgan fingerprint density at radius 3 is 2.59 bits per heavy atom. The quantitative estimate of drug-likeness (QED) is 0.618. The van der Waals surface area contributed by atoms with Crippen LogP contribution in [-0.2, 0) is 10.0 Å². The van der Waals surface area contributed by atoms with Crippen molar-refractivity contribution in [2.24, 2.45) is 5.92 Å². The molecular formula is C25H25FN2O3S. The second-order valence-electron chi connectivity index (χ2n) is 8.49. The smallest absolute Gasteiger partial charge is 0.243 e. The zero-order chi connectivity index (χ0) is 22.5. The predicted octanol–water partition coefficient (Wildman–Crippen LogP) is 4.34. The van der Waals surface area contributed by atoms with E-state index in [0.29, 0.717) is 34.6 Å². The lowest BCUT2D eigenvalue weighted by atomic mass is 9.82. The molecule has 3 aromatic rings. The Morgan fingerprint density at radius 2 is 1.84 bits per heavy atom. The fraction of sp³-hybridized carbons (Fsp3) is 0.280. The van der Waals surface area contributed by atoms with Gasteiger partial charge in [-0.15, -0.1) is 0 Å². The fourth-order valence-corrected chi connectivity index (χ4v) is 7.02. The number of aryl methyl sites for hydroxylation is 1. The second-order valence-corrected chi connectivity index (χ2v) is 10.4. The Bertz CT molecular complexity index is 1280. The molecule has 0 bridgehead atoms. The van der Waals surface area contributed by atoms with Crippen molar-refractivity contribution in [3.63, 3.8) is 0 Å². The Morgan fingerprint density at radius 1 is 1.09 bits per heavy atom. The minimum atomic E-state index is -3.75. The van der Waals surface area contributed by atoms with Crippen LogP contribution in [0.5, 0.6) is 0 Å². The molecule has 0 aromatic heterocycles. The molecule has 2 N–H and O–H groups in total. The average molecular weight is 453 g/mol. The van der Waals surface area contributed by atoms with Gasteiger partial charge in [0, 0.05) is 23.7 Å². The van der Waals surface area contributed by atoms with E-state index in [1.807, 2.05) is 24.3 Å². The van der Waals surface area contributed by atoms with Gasteiger partial charge in [0.25, 0.3) is 0 Å². The van der Waals surface area contributed by atoms with E-state index in [0.717, 1.165) is 11.3 Å². The van der Waals surface area contributed by atoms with Gasteiger partial charge in [-0.1, -0.05) is 42.5 Å². The monoisotopic (exact) mass is 452 g/mol. The lowest BCUT2D eigenvalue weighted by Gasteiger charge is -2.39. The minimum Gasteiger partial charge on any atom is -0.394 e. The van der Waals surface area contributed by atoms with E-state index in [1.54, 1.807) is 47.6 Å². The van der Waals surface area contributed by atoms with Crippen molar-refractivity contribution in [2.45, 2.75) is 30.3 Å². The van der Waals surface area contributed by atoms with Crippen LogP contribution in [0.1, 0.15) is 23.6 Å². The van der Waals surface area contributed by atoms with Crippen molar-refractivity contribution in [1.29, 1.82) is 0 Å². The van der Waals surface area contributed by atoms with Gasteiger partial charge in [0.2, 0.25) is 10.0 Å². The van der Waals surface area contributed by atoms with Gasteiger partial charge in [0.15, 0.2) is 0 Å². The summed E-state index contributed by atoms with van der Waals surface area (Å²) < 4.78 is 43.4. The molecule has 3 aromatic carbocycles. The van der Waals surface area contributed by atoms with E-state index in [1.165, 1.54) is 6.07 Å². The van der Waals surface area contributed by atoms with E-state index < -0.39 is 16.1 Å². The highest BCUT2D eigenvalue weighted by molar-refractivity contribution is 7.89. The van der Waals surface area contributed by atoms with Gasteiger partial charge in [-0.25, -0.2) is 12.8 Å². The van der Waals surface area contributed by atoms with Crippen molar-refractivity contribution < 1.29 is 17.9 Å². The molecule has 0 saturated carbocycles. The largest absolute Gasteiger partial charge is 0.394 e. The van der Waals surface area contributed by atoms with Crippen molar-refractivity contribution in [3.05, 3.63) is 83.7 Å². The maximum Gasteiger partial charge on any atom is 0.243 e. The number of rotatable bonds is 4. The number of nitrogens with one attached hydrogen (secondary N) is 1. The van der Waals surface area contributed by atoms with Crippen LogP contribution in [0.25, 0.3) is 11.1 Å². The molecule has 5 nitrogen and oxygen atoms in total. The first-order valence-electron chi connectivity index (χ1n) is 10.8. The molecule has 7 heteroatoms. The molecule has 0 unspecified atom stereocenters. The third-order valence-electron chi connectivity index (χ3n) is 6.69. The first kappa shape index (κ1) is 21.1. The fourth-order valence-electron chi connectivity index (χ4n) is 5.13. The van der Waals surface area contributed by atoms with E-state index >= 15 is 0 Å². The third-order valence-corrected chi connectivity index (χ3v) is 8.73. The number of benzene rings is 3. The number of hydrogen-bond acceptors (Lipinski definition) is 4. The van der Waals surface area contributed by atoms with Crippen molar-refractivity contribution in [1.82, 2.24) is 4.31 Å². The number of fused-ring (bicyclic) bond motifs is 3. The number of sulfonamides is 1. The molecule has 5 rings (SSSR count). The van der Waals surface area contributed by atoms with Gasteiger partial charge >= 0.3 is 0 Å². The number of nitrogens with zero attached hydrogens (tertiary/aromatic N) is 1. The highest BCUT2D eigenvalue weighted by Crippen LogP contribution is 2.49. The maximum absolute atomic E-state index is 14.5. The van der Waals surface area contributed by atoms with Crippen LogP contribution in [-0.4, -0.2) is 37.0 Å². The Labute approximate surface area is 187 Å². The Kier molecular flexibility index (Phi) is 5.28. The molecule has 3 atom stereocenters. The highest BCUT2D eigenvalue weighted by atomic mass is 32.2. The van der Waals surface area contributed by atoms with Crippen LogP contribution in [0, 0.1) is 18.7 Å². The van der Waals surface area contributed by atoms with Crippen LogP contribution in [0.2, 0.25) is 0 Å². The number of aliphatic hydroxyl groups is 1. The number of aliphatic hydroxyl groups excluding tert-OH is 1. The summed E-state index contributed by atoms with van der Waals surface area (Å²) in [6, 6.07) is 18.4. The zero-order valence-corrected chi connectivity index (χ0v) is 18.5. The van der Waals surface area contributed by atoms with Crippen LogP contribution in [0.3, 0.4) is 0 Å². The molecule has 2 aliphatic heterocycles. The molecule has 166 valence electrons. The van der Waals surface area contributed by atoms with Crippen molar-refractivity contribution in [2.75, 3.05) is 18.5 Å². The third kappa shape index (κ3) is 3.32. The van der Waals surface area contributed by atoms with Gasteiger partial charge < -0.3 is 10.4 Å². The topological polar surface area (TPSA) is 69.6 Å². The van der Waals surface area contributed by atoms with Crippen LogP contribution >= 0.6 is 0 Å². The Balaban J connectivity index is 1.65. The lowest BCUT2D eigenvalue weighted by molar-refractivity contribution is 0.210. The van der Waals surface area contributed by atoms with Crippen LogP contribution in [0.4, 0.5) is 10.1 Å². The average Bonchev–Trinajstić information content (AvgIpc) is 3.25. The number of anilines is 1. The molecule has 2 heterocycles. The molecule has 0 amide bonds. The summed E-state index contributed by atoms with van der Waals surface area (Å²) in [5, 5.41) is 13.4. The highest BCUT2D eigenvalue weighted by Gasteiger charge is 2.48. The van der Waals surface area contributed by atoms with Gasteiger partial charge in [0.1, 0.15) is 5.82 Å². The summed E-state index contributed by atoms with van der Waals surface area (Å²) in [6.45, 7) is 2.07. The first-order chi connectivity index (χ1) is 15.4. The van der Waals surface area contributed by atoms with Gasteiger partial charge in [-0.05, 0) is 54.3 Å². The molecule has 1 fully saturated rings. The van der Waals surface area contributed by atoms with Crippen molar-refractivity contribution in [3.8, 4) is 11.1 Å². The molecular weight excluding hydrogens is 427 g/mol. The summed E-state index contributed by atoms with van der Waals surface area (Å²) in [4.78, 5) is 0.298. The maximum atomic E-state index is 14.5. The van der Waals surface area contributed by atoms with E-state index in [4.69, 9.17) is 0 Å². The minimum absolute atomic E-state index is 0.0813. The second kappa shape index (κ2) is 7.99. The van der Waals surface area contributed by atoms with Crippen molar-refractivity contribution >= 4 is 15.7 Å². The van der Waals surface area contributed by atoms with Gasteiger partial charge in [-0.2, -0.15) is 4.31 Å². The molecule has 0 spiro atoms. The summed E-state index contributed by atoms with van der Waals surface area (Å²) in [5.41, 5.74) is 3.46. The molecule has 0 aliphatic carbocycles. The molecule has 2 aliphatic rings. The first-order valence-corrected chi connectivity index (χ1v) is 12.2. The zero-order valence-electron chi connectivity index (χ0n) is 17.7. The van der Waals surface area contributed by atoms with Gasteiger partial charge in [0.05, 0.1) is 23.6 Å². The van der Waals surface area contributed by atoms with Crippen LogP contribution in [0.15, 0.2) is 71.6 Å². The molecule has 32 heavy (non-hydrogen) atoms. The van der Waals surface area contributed by atoms with E-state index in [9.17, 15) is 17.9 Å². The molecule has 1 saturated heterocycles. The molecule has 0 radical (unpaired) electrons. The lowest BCUT2D eigenvalue weighted by Crippen LogP contribution is -2.42. The summed E-state index contributed by atoms with van der Waals surface area (Å²) in [7, 11) is -3.75. The number of halogens is 1. The predicted molar refractivity (Wildman–Crippen MR) is 122 cm³/mol. The Hall–Kier alpha value is -2.74. The summed E-state index contributed by atoms with van der Waals surface area (Å²) in [6.07, 6.45) is 0.636. The standard InChI is InChI=1S/C25H25FN2O3S/c1-16-6-2-5-9-24(16)32(30,31)28-13-12-19-23(15-29)27-22-11-10-17(14-20(22)25(19)28)18-7-3-4-8-21(18)26/h2-11,14,19,23,25,27,29H,12-13,15H2,1H3/t19-,23+,25-/m1/s1. The van der Waals surface area contributed by atoms with Gasteiger partial charge in [-0.3, -0.25) is 0 Å². The normalized spacial score (nSPS) is 22.8. The van der Waals surface area contributed by atoms with E-state index in [2.05, 4.69) is 5.32 Å². The SMILES string of the molecule is Cc1ccccc1S(=O)(=O)N1CC[C@@H]2[C@H](CO)Nc3ccc(-c4ccccc4F)cc3[C@@H]21. The van der Waals surface area contributed by atoms with Crippen LogP contribution < -0.4 is 5.32 Å².